The van der Waals surface area contributed by atoms with Crippen LogP contribution in [0.25, 0.3) is 0 Å². The standard InChI is InChI=1S/C13H25N3O3S2.ClH/c1-21(18,19)15-9-12-4-2-3-6-16(12)13(17)8-11-10-20-7-5-14-11;/h11-12,14-15H,2-10H2,1H3;1H. The number of amides is 1. The van der Waals surface area contributed by atoms with Crippen LogP contribution in [0.5, 0.6) is 0 Å². The van der Waals surface area contributed by atoms with Crippen LogP contribution in [0.15, 0.2) is 0 Å². The number of nitrogens with zero attached hydrogens (tertiary/aromatic N) is 1. The first-order valence-corrected chi connectivity index (χ1v) is 10.6. The molecule has 2 fully saturated rings. The molecule has 1 amide bonds. The van der Waals surface area contributed by atoms with Gasteiger partial charge in [-0.2, -0.15) is 11.8 Å². The lowest BCUT2D eigenvalue weighted by molar-refractivity contribution is -0.135. The Morgan fingerprint density at radius 2 is 2.18 bits per heavy atom. The van der Waals surface area contributed by atoms with Crippen molar-refractivity contribution in [1.82, 2.24) is 14.9 Å². The Hall–Kier alpha value is -0.0200. The van der Waals surface area contributed by atoms with Gasteiger partial charge in [-0.25, -0.2) is 13.1 Å². The molecular formula is C13H26ClN3O3S2. The average molecular weight is 372 g/mol. The van der Waals surface area contributed by atoms with E-state index in [-0.39, 0.29) is 30.4 Å². The summed E-state index contributed by atoms with van der Waals surface area (Å²) < 4.78 is 25.0. The largest absolute Gasteiger partial charge is 0.338 e. The van der Waals surface area contributed by atoms with Crippen molar-refractivity contribution >= 4 is 40.1 Å². The van der Waals surface area contributed by atoms with E-state index < -0.39 is 10.0 Å². The summed E-state index contributed by atoms with van der Waals surface area (Å²) >= 11 is 1.88. The van der Waals surface area contributed by atoms with Crippen LogP contribution in [0.3, 0.4) is 0 Å². The number of halogens is 1. The zero-order valence-corrected chi connectivity index (χ0v) is 15.4. The number of thioether (sulfide) groups is 1. The van der Waals surface area contributed by atoms with Gasteiger partial charge in [0, 0.05) is 49.6 Å². The highest BCUT2D eigenvalue weighted by Gasteiger charge is 2.29. The summed E-state index contributed by atoms with van der Waals surface area (Å²) in [6, 6.07) is 0.249. The Morgan fingerprint density at radius 1 is 1.41 bits per heavy atom. The van der Waals surface area contributed by atoms with E-state index in [9.17, 15) is 13.2 Å². The van der Waals surface area contributed by atoms with Crippen molar-refractivity contribution in [2.75, 3.05) is 37.4 Å². The van der Waals surface area contributed by atoms with Crippen molar-refractivity contribution < 1.29 is 13.2 Å². The van der Waals surface area contributed by atoms with E-state index in [2.05, 4.69) is 10.0 Å². The maximum absolute atomic E-state index is 12.5. The maximum atomic E-state index is 12.5. The lowest BCUT2D eigenvalue weighted by atomic mass is 10.0. The SMILES string of the molecule is CS(=O)(=O)NCC1CCCCN1C(=O)CC1CSCCN1.Cl. The molecule has 2 saturated heterocycles. The third-order valence-electron chi connectivity index (χ3n) is 3.95. The number of piperidine rings is 1. The summed E-state index contributed by atoms with van der Waals surface area (Å²) in [6.07, 6.45) is 4.61. The van der Waals surface area contributed by atoms with Crippen molar-refractivity contribution in [2.45, 2.75) is 37.8 Å². The monoisotopic (exact) mass is 371 g/mol. The molecular weight excluding hydrogens is 346 g/mol. The fraction of sp³-hybridized carbons (Fsp3) is 0.923. The van der Waals surface area contributed by atoms with Gasteiger partial charge in [-0.15, -0.1) is 12.4 Å². The second kappa shape index (κ2) is 9.32. The topological polar surface area (TPSA) is 78.5 Å². The van der Waals surface area contributed by atoms with E-state index in [1.165, 1.54) is 0 Å². The van der Waals surface area contributed by atoms with Gasteiger partial charge in [-0.3, -0.25) is 4.79 Å². The Bertz CT molecular complexity index is 455. The van der Waals surface area contributed by atoms with Crippen molar-refractivity contribution in [2.24, 2.45) is 0 Å². The Labute approximate surface area is 143 Å². The molecule has 0 aromatic carbocycles. The first-order chi connectivity index (χ1) is 9.96. The summed E-state index contributed by atoms with van der Waals surface area (Å²) in [6.45, 7) is 2.04. The van der Waals surface area contributed by atoms with Gasteiger partial charge in [-0.05, 0) is 19.3 Å². The van der Waals surface area contributed by atoms with Crippen LogP contribution in [0.2, 0.25) is 0 Å². The lowest BCUT2D eigenvalue weighted by Crippen LogP contribution is -2.51. The van der Waals surface area contributed by atoms with E-state index in [0.717, 1.165) is 50.1 Å². The van der Waals surface area contributed by atoms with Gasteiger partial charge in [0.2, 0.25) is 15.9 Å². The Morgan fingerprint density at radius 3 is 2.82 bits per heavy atom. The normalized spacial score (nSPS) is 26.3. The quantitative estimate of drug-likeness (QED) is 0.733. The number of carbonyl (C=O) groups excluding carboxylic acids is 1. The molecule has 2 N–H and O–H groups in total. The number of likely N-dealkylation sites (tertiary alicyclic amines) is 1. The first kappa shape index (κ1) is 20.0. The second-order valence-electron chi connectivity index (χ2n) is 5.79. The van der Waals surface area contributed by atoms with Crippen LogP contribution in [0.4, 0.5) is 0 Å². The molecule has 2 rings (SSSR count). The molecule has 2 unspecified atom stereocenters. The van der Waals surface area contributed by atoms with Gasteiger partial charge < -0.3 is 10.2 Å². The molecule has 9 heteroatoms. The highest BCUT2D eigenvalue weighted by Crippen LogP contribution is 2.19. The van der Waals surface area contributed by atoms with Gasteiger partial charge in [0.25, 0.3) is 0 Å². The molecule has 0 saturated carbocycles. The fourth-order valence-corrected chi connectivity index (χ4v) is 4.31. The molecule has 22 heavy (non-hydrogen) atoms. The summed E-state index contributed by atoms with van der Waals surface area (Å²) in [7, 11) is -3.20. The molecule has 0 spiro atoms. The van der Waals surface area contributed by atoms with Crippen molar-refractivity contribution in [3.8, 4) is 0 Å². The van der Waals surface area contributed by atoms with E-state index in [1.807, 2.05) is 16.7 Å². The molecule has 0 aromatic rings. The molecule has 2 heterocycles. The lowest BCUT2D eigenvalue weighted by Gasteiger charge is -2.37. The fourth-order valence-electron chi connectivity index (χ4n) is 2.87. The van der Waals surface area contributed by atoms with Crippen molar-refractivity contribution in [3.05, 3.63) is 0 Å². The zero-order valence-electron chi connectivity index (χ0n) is 12.9. The molecule has 0 radical (unpaired) electrons. The predicted octanol–water partition coefficient (Wildman–Crippen LogP) is 0.434. The van der Waals surface area contributed by atoms with E-state index in [1.54, 1.807) is 0 Å². The minimum atomic E-state index is -3.20. The summed E-state index contributed by atoms with van der Waals surface area (Å²) in [5.74, 6) is 2.23. The second-order valence-corrected chi connectivity index (χ2v) is 8.77. The third-order valence-corrected chi connectivity index (χ3v) is 5.77. The van der Waals surface area contributed by atoms with Gasteiger partial charge in [-0.1, -0.05) is 0 Å². The summed E-state index contributed by atoms with van der Waals surface area (Å²) in [5.41, 5.74) is 0. The highest BCUT2D eigenvalue weighted by atomic mass is 35.5. The number of hydrogen-bond acceptors (Lipinski definition) is 5. The van der Waals surface area contributed by atoms with Gasteiger partial charge >= 0.3 is 0 Å². The summed E-state index contributed by atoms with van der Waals surface area (Å²) in [4.78, 5) is 14.4. The van der Waals surface area contributed by atoms with Crippen LogP contribution in [0, 0.1) is 0 Å². The van der Waals surface area contributed by atoms with Gasteiger partial charge in [0.1, 0.15) is 0 Å². The van der Waals surface area contributed by atoms with E-state index in [4.69, 9.17) is 0 Å². The molecule has 0 aromatic heterocycles. The first-order valence-electron chi connectivity index (χ1n) is 7.51. The van der Waals surface area contributed by atoms with Crippen molar-refractivity contribution in [3.63, 3.8) is 0 Å². The number of rotatable bonds is 5. The predicted molar refractivity (Wildman–Crippen MR) is 93.2 cm³/mol. The van der Waals surface area contributed by atoms with Crippen LogP contribution >= 0.6 is 24.2 Å². The third kappa shape index (κ3) is 6.62. The molecule has 2 aliphatic rings. The van der Waals surface area contributed by atoms with Crippen LogP contribution < -0.4 is 10.0 Å². The Kier molecular flexibility index (Phi) is 8.48. The van der Waals surface area contributed by atoms with Gasteiger partial charge in [0.15, 0.2) is 0 Å². The van der Waals surface area contributed by atoms with E-state index >= 15 is 0 Å². The number of sulfonamides is 1. The minimum absolute atomic E-state index is 0. The van der Waals surface area contributed by atoms with Gasteiger partial charge in [0.05, 0.1) is 6.26 Å². The zero-order chi connectivity index (χ0) is 15.3. The molecule has 6 nitrogen and oxygen atoms in total. The molecule has 0 aliphatic carbocycles. The average Bonchev–Trinajstić information content (AvgIpc) is 2.46. The summed E-state index contributed by atoms with van der Waals surface area (Å²) in [5, 5.41) is 3.38. The minimum Gasteiger partial charge on any atom is -0.338 e. The molecule has 130 valence electrons. The highest BCUT2D eigenvalue weighted by molar-refractivity contribution is 7.99. The molecule has 2 aliphatic heterocycles. The molecule has 2 atom stereocenters. The number of carbonyl (C=O) groups is 1. The Balaban J connectivity index is 0.00000242. The smallest absolute Gasteiger partial charge is 0.224 e. The van der Waals surface area contributed by atoms with Crippen LogP contribution in [-0.2, 0) is 14.8 Å². The molecule has 0 bridgehead atoms. The van der Waals surface area contributed by atoms with Crippen LogP contribution in [-0.4, -0.2) is 68.7 Å². The van der Waals surface area contributed by atoms with Crippen molar-refractivity contribution in [1.29, 1.82) is 0 Å². The number of nitrogens with one attached hydrogen (secondary N) is 2. The number of hydrogen-bond donors (Lipinski definition) is 2. The maximum Gasteiger partial charge on any atom is 0.224 e. The van der Waals surface area contributed by atoms with E-state index in [0.29, 0.717) is 13.0 Å². The van der Waals surface area contributed by atoms with Crippen LogP contribution in [0.1, 0.15) is 25.7 Å².